The van der Waals surface area contributed by atoms with Crippen LogP contribution >= 0.6 is 0 Å². The Labute approximate surface area is 80.5 Å². The Bertz CT molecular complexity index is 4.85. The van der Waals surface area contributed by atoms with Crippen molar-refractivity contribution in [2.45, 2.75) is 0 Å². The van der Waals surface area contributed by atoms with E-state index in [9.17, 15) is 0 Å². The van der Waals surface area contributed by atoms with E-state index in [1.165, 1.54) is 0 Å². The molecule has 0 aromatic rings. The van der Waals surface area contributed by atoms with Gasteiger partial charge in [-0.15, -0.1) is 0 Å². The van der Waals surface area contributed by atoms with Gasteiger partial charge in [-0.1, -0.05) is 0 Å². The molecular formula is Re2S3-6. The van der Waals surface area contributed by atoms with Crippen LogP contribution in [0.5, 0.6) is 0 Å². The Morgan fingerprint density at radius 2 is 0.400 bits per heavy atom. The van der Waals surface area contributed by atoms with Gasteiger partial charge in [0.2, 0.25) is 0 Å². The first kappa shape index (κ1) is 53.1. The van der Waals surface area contributed by atoms with Crippen molar-refractivity contribution >= 4 is 40.5 Å². The van der Waals surface area contributed by atoms with Gasteiger partial charge in [0.1, 0.15) is 0 Å². The van der Waals surface area contributed by atoms with E-state index in [1.807, 2.05) is 0 Å². The van der Waals surface area contributed by atoms with Gasteiger partial charge in [-0.2, -0.15) is 0 Å². The maximum Gasteiger partial charge on any atom is 0 e. The van der Waals surface area contributed by atoms with E-state index in [0.29, 0.717) is 0 Å². The number of hydrogen-bond acceptors (Lipinski definition) is 0. The van der Waals surface area contributed by atoms with Crippen LogP contribution in [0.15, 0.2) is 0 Å². The van der Waals surface area contributed by atoms with E-state index < -0.39 is 0 Å². The van der Waals surface area contributed by atoms with Crippen LogP contribution in [-0.4, -0.2) is 0 Å². The minimum Gasteiger partial charge on any atom is -2.00 e. The zero-order chi connectivity index (χ0) is 0. The van der Waals surface area contributed by atoms with Gasteiger partial charge >= 0.3 is 0 Å². The summed E-state index contributed by atoms with van der Waals surface area (Å²) in [7, 11) is 0. The van der Waals surface area contributed by atoms with Crippen molar-refractivity contribution in [3.63, 3.8) is 0 Å². The van der Waals surface area contributed by atoms with Crippen molar-refractivity contribution in [2.75, 3.05) is 0 Å². The molecule has 0 fully saturated rings. The van der Waals surface area contributed by atoms with E-state index in [1.54, 1.807) is 0 Å². The molecule has 0 rings (SSSR count). The molecule has 0 aliphatic rings. The average Bonchev–Trinajstić information content (AvgIpc) is 0. The molecule has 0 aromatic carbocycles. The summed E-state index contributed by atoms with van der Waals surface area (Å²) >= 11 is 0. The molecule has 0 atom stereocenters. The van der Waals surface area contributed by atoms with Crippen molar-refractivity contribution < 1.29 is 40.8 Å². The van der Waals surface area contributed by atoms with E-state index in [2.05, 4.69) is 0 Å². The van der Waals surface area contributed by atoms with Crippen molar-refractivity contribution in [3.05, 3.63) is 0 Å². The van der Waals surface area contributed by atoms with Crippen LogP contribution in [0, 0.1) is 0 Å². The second-order valence-electron chi connectivity index (χ2n) is 0. The molecule has 2 radical (unpaired) electrons. The Balaban J connectivity index is 0. The molecule has 5 heavy (non-hydrogen) atoms. The Kier molecular flexibility index (Phi) is 347. The van der Waals surface area contributed by atoms with Crippen LogP contribution in [0.3, 0.4) is 0 Å². The summed E-state index contributed by atoms with van der Waals surface area (Å²) in [5, 5.41) is 0. The third kappa shape index (κ3) is 21.6. The molecular weight excluding hydrogens is 469 g/mol. The van der Waals surface area contributed by atoms with Crippen LogP contribution in [0.2, 0.25) is 0 Å². The maximum absolute atomic E-state index is 0. The first-order chi connectivity index (χ1) is 0. The first-order valence-electron chi connectivity index (χ1n) is 0. The Hall–Kier alpha value is 2.37. The maximum atomic E-state index is 0. The second kappa shape index (κ2) is 32.7. The molecule has 5 heteroatoms. The minimum atomic E-state index is 0. The molecule has 38 valence electrons. The topological polar surface area (TPSA) is 0 Å². The molecule has 0 aromatic heterocycles. The van der Waals surface area contributed by atoms with Crippen molar-refractivity contribution in [3.8, 4) is 0 Å². The largest absolute Gasteiger partial charge is 2.00 e. The van der Waals surface area contributed by atoms with Crippen LogP contribution in [0.1, 0.15) is 0 Å². The minimum absolute atomic E-state index is 0. The molecule has 0 nitrogen and oxygen atoms in total. The van der Waals surface area contributed by atoms with Gasteiger partial charge in [-0.3, -0.25) is 0 Å². The molecule has 0 aliphatic carbocycles. The molecule has 0 saturated carbocycles. The fraction of sp³-hybridized carbons (Fsp3) is 0. The van der Waals surface area contributed by atoms with Gasteiger partial charge in [-0.25, -0.2) is 0 Å². The monoisotopic (exact) mass is 470 g/mol. The molecule has 0 N–H and O–H groups in total. The van der Waals surface area contributed by atoms with Crippen molar-refractivity contribution in [2.24, 2.45) is 0 Å². The van der Waals surface area contributed by atoms with E-state index in [0.717, 1.165) is 0 Å². The summed E-state index contributed by atoms with van der Waals surface area (Å²) in [6.07, 6.45) is 0. The molecule has 0 heterocycles. The molecule has 0 bridgehead atoms. The van der Waals surface area contributed by atoms with Crippen molar-refractivity contribution in [1.29, 1.82) is 0 Å². The van der Waals surface area contributed by atoms with Crippen LogP contribution in [0.4, 0.5) is 0 Å². The van der Waals surface area contributed by atoms with Crippen LogP contribution in [-0.2, 0) is 81.3 Å². The molecule has 0 saturated heterocycles. The first-order valence-corrected chi connectivity index (χ1v) is 0. The summed E-state index contributed by atoms with van der Waals surface area (Å²) in [6, 6.07) is 0. The van der Waals surface area contributed by atoms with Crippen LogP contribution < -0.4 is 0 Å². The predicted molar refractivity (Wildman–Crippen MR) is 22.1 cm³/mol. The van der Waals surface area contributed by atoms with Gasteiger partial charge in [-0.05, 0) is 0 Å². The van der Waals surface area contributed by atoms with E-state index >= 15 is 0 Å². The molecule has 0 unspecified atom stereocenters. The van der Waals surface area contributed by atoms with Gasteiger partial charge in [0.15, 0.2) is 0 Å². The van der Waals surface area contributed by atoms with Crippen LogP contribution in [0.25, 0.3) is 0 Å². The normalized spacial score (nSPS) is 0. The fourth-order valence-electron chi connectivity index (χ4n) is 0. The number of hydrogen-bond donors (Lipinski definition) is 0. The van der Waals surface area contributed by atoms with Crippen molar-refractivity contribution in [1.82, 2.24) is 0 Å². The fourth-order valence-corrected chi connectivity index (χ4v) is 0. The van der Waals surface area contributed by atoms with E-state index in [-0.39, 0.29) is 81.3 Å². The van der Waals surface area contributed by atoms with Gasteiger partial charge < -0.3 is 40.5 Å². The standard InChI is InChI=1S/2Re.3S/q;;3*-2. The smallest absolute Gasteiger partial charge is 0 e. The predicted octanol–water partition coefficient (Wildman–Crippen LogP) is -0.0122. The average molecular weight is 469 g/mol. The zero-order valence-corrected chi connectivity index (χ0v) is 9.86. The van der Waals surface area contributed by atoms with Gasteiger partial charge in [0, 0.05) is 40.8 Å². The van der Waals surface area contributed by atoms with Gasteiger partial charge in [0.25, 0.3) is 0 Å². The Morgan fingerprint density at radius 3 is 0.400 bits per heavy atom. The summed E-state index contributed by atoms with van der Waals surface area (Å²) < 4.78 is 0. The zero-order valence-electron chi connectivity index (χ0n) is 1.98. The molecule has 0 aliphatic heterocycles. The molecule has 0 amide bonds. The molecule has 0 spiro atoms. The third-order valence-electron chi connectivity index (χ3n) is 0. The number of rotatable bonds is 0. The quantitative estimate of drug-likeness (QED) is 0.469. The SMILES string of the molecule is [Re].[Re].[S-2].[S-2].[S-2]. The summed E-state index contributed by atoms with van der Waals surface area (Å²) in [5.41, 5.74) is 0. The third-order valence-corrected chi connectivity index (χ3v) is 0. The Morgan fingerprint density at radius 1 is 0.400 bits per heavy atom. The van der Waals surface area contributed by atoms with E-state index in [4.69, 9.17) is 0 Å². The second-order valence-corrected chi connectivity index (χ2v) is 0. The summed E-state index contributed by atoms with van der Waals surface area (Å²) in [6.45, 7) is 0. The summed E-state index contributed by atoms with van der Waals surface area (Å²) in [5.74, 6) is 0. The summed E-state index contributed by atoms with van der Waals surface area (Å²) in [4.78, 5) is 0. The van der Waals surface area contributed by atoms with Gasteiger partial charge in [0.05, 0.1) is 0 Å².